The van der Waals surface area contributed by atoms with Crippen molar-refractivity contribution in [2.75, 3.05) is 5.75 Å². The molecule has 16 heavy (non-hydrogen) atoms. The molecule has 3 nitrogen and oxygen atoms in total. The number of aryl methyl sites for hydroxylation is 1. The van der Waals surface area contributed by atoms with E-state index in [-0.39, 0.29) is 5.91 Å². The van der Waals surface area contributed by atoms with Crippen LogP contribution >= 0.6 is 23.4 Å². The molecule has 0 fully saturated rings. The third-order valence-electron chi connectivity index (χ3n) is 2.09. The second kappa shape index (κ2) is 4.89. The molecule has 0 unspecified atom stereocenters. The number of nitrogens with zero attached hydrogens (tertiary/aromatic N) is 1. The van der Waals surface area contributed by atoms with Crippen molar-refractivity contribution in [2.24, 2.45) is 4.99 Å². The normalized spacial score (nSPS) is 15.9. The molecule has 0 saturated heterocycles. The summed E-state index contributed by atoms with van der Waals surface area (Å²) >= 11 is 7.29. The van der Waals surface area contributed by atoms with Crippen LogP contribution in [0.1, 0.15) is 12.0 Å². The van der Waals surface area contributed by atoms with Gasteiger partial charge in [-0.2, -0.15) is 4.99 Å². The molecule has 0 saturated carbocycles. The van der Waals surface area contributed by atoms with E-state index in [1.165, 1.54) is 11.8 Å². The van der Waals surface area contributed by atoms with Gasteiger partial charge in [0.25, 0.3) is 5.23 Å². The molecule has 1 aromatic rings. The summed E-state index contributed by atoms with van der Waals surface area (Å²) in [6.45, 7) is 1.90. The predicted molar refractivity (Wildman–Crippen MR) is 66.3 cm³/mol. The molecule has 0 bridgehead atoms. The Morgan fingerprint density at radius 3 is 3.00 bits per heavy atom. The van der Waals surface area contributed by atoms with Gasteiger partial charge in [0.05, 0.1) is 0 Å². The third-order valence-corrected chi connectivity index (χ3v) is 3.16. The fraction of sp³-hybridized carbons (Fsp3) is 0.273. The second-order valence-corrected chi connectivity index (χ2v) is 4.86. The van der Waals surface area contributed by atoms with Crippen LogP contribution in [-0.4, -0.2) is 16.9 Å². The first-order chi connectivity index (χ1) is 7.65. The van der Waals surface area contributed by atoms with Crippen molar-refractivity contribution < 1.29 is 9.53 Å². The molecule has 2 rings (SSSR count). The average Bonchev–Trinajstić information content (AvgIpc) is 2.22. The van der Waals surface area contributed by atoms with Gasteiger partial charge in [-0.05, 0) is 30.7 Å². The molecule has 1 aliphatic heterocycles. The van der Waals surface area contributed by atoms with Crippen LogP contribution in [0.2, 0.25) is 5.02 Å². The summed E-state index contributed by atoms with van der Waals surface area (Å²) in [6.07, 6.45) is 0.483. The number of benzene rings is 1. The number of halogens is 1. The zero-order valence-corrected chi connectivity index (χ0v) is 10.3. The summed E-state index contributed by atoms with van der Waals surface area (Å²) in [5.74, 6) is 1.29. The SMILES string of the molecule is Cc1cc(Cl)ccc1OC1=NC(=O)CCS1. The van der Waals surface area contributed by atoms with Crippen LogP contribution in [0.25, 0.3) is 0 Å². The van der Waals surface area contributed by atoms with Crippen LogP contribution in [-0.2, 0) is 4.79 Å². The maximum absolute atomic E-state index is 11.1. The summed E-state index contributed by atoms with van der Waals surface area (Å²) < 4.78 is 5.54. The van der Waals surface area contributed by atoms with Crippen LogP contribution in [0.3, 0.4) is 0 Å². The van der Waals surface area contributed by atoms with E-state index in [1.54, 1.807) is 12.1 Å². The lowest BCUT2D eigenvalue weighted by Crippen LogP contribution is -2.14. The van der Waals surface area contributed by atoms with E-state index in [1.807, 2.05) is 13.0 Å². The largest absolute Gasteiger partial charge is 0.433 e. The van der Waals surface area contributed by atoms with Gasteiger partial charge in [-0.25, -0.2) is 0 Å². The van der Waals surface area contributed by atoms with Gasteiger partial charge in [0, 0.05) is 17.2 Å². The first-order valence-corrected chi connectivity index (χ1v) is 6.20. The monoisotopic (exact) mass is 255 g/mol. The molecule has 1 aliphatic rings. The number of rotatable bonds is 1. The van der Waals surface area contributed by atoms with Gasteiger partial charge in [0.2, 0.25) is 5.91 Å². The maximum atomic E-state index is 11.1. The minimum Gasteiger partial charge on any atom is -0.433 e. The van der Waals surface area contributed by atoms with E-state index in [0.717, 1.165) is 11.3 Å². The summed E-state index contributed by atoms with van der Waals surface area (Å²) in [6, 6.07) is 5.34. The number of thioether (sulfide) groups is 1. The van der Waals surface area contributed by atoms with Gasteiger partial charge in [0.15, 0.2) is 0 Å². The molecular weight excluding hydrogens is 246 g/mol. The Hall–Kier alpha value is -1.000. The zero-order valence-electron chi connectivity index (χ0n) is 8.70. The van der Waals surface area contributed by atoms with Crippen LogP contribution < -0.4 is 4.74 Å². The number of amides is 1. The standard InChI is InChI=1S/C11H10ClNO2S/c1-7-6-8(12)2-3-9(7)15-11-13-10(14)4-5-16-11/h2-3,6H,4-5H2,1H3. The molecule has 0 aliphatic carbocycles. The second-order valence-electron chi connectivity index (χ2n) is 3.38. The highest BCUT2D eigenvalue weighted by atomic mass is 35.5. The lowest BCUT2D eigenvalue weighted by atomic mass is 10.2. The first-order valence-electron chi connectivity index (χ1n) is 4.83. The number of hydrogen-bond acceptors (Lipinski definition) is 3. The van der Waals surface area contributed by atoms with Crippen molar-refractivity contribution in [2.45, 2.75) is 13.3 Å². The van der Waals surface area contributed by atoms with Crippen LogP contribution in [0.15, 0.2) is 23.2 Å². The number of ether oxygens (including phenoxy) is 1. The van der Waals surface area contributed by atoms with Crippen molar-refractivity contribution in [1.82, 2.24) is 0 Å². The van der Waals surface area contributed by atoms with Gasteiger partial charge < -0.3 is 4.74 Å². The molecular formula is C11H10ClNO2S. The van der Waals surface area contributed by atoms with E-state index in [2.05, 4.69) is 4.99 Å². The quantitative estimate of drug-likeness (QED) is 0.774. The van der Waals surface area contributed by atoms with E-state index in [4.69, 9.17) is 16.3 Å². The molecule has 0 N–H and O–H groups in total. The average molecular weight is 256 g/mol. The fourth-order valence-electron chi connectivity index (χ4n) is 1.29. The fourth-order valence-corrected chi connectivity index (χ4v) is 2.28. The smallest absolute Gasteiger partial charge is 0.259 e. The molecule has 84 valence electrons. The first kappa shape index (κ1) is 11.5. The number of carbonyl (C=O) groups excluding carboxylic acids is 1. The summed E-state index contributed by atoms with van der Waals surface area (Å²) in [5, 5.41) is 1.08. The Kier molecular flexibility index (Phi) is 3.51. The topological polar surface area (TPSA) is 38.7 Å². The van der Waals surface area contributed by atoms with Gasteiger partial charge in [0.1, 0.15) is 5.75 Å². The highest BCUT2D eigenvalue weighted by Gasteiger charge is 2.14. The van der Waals surface area contributed by atoms with Crippen LogP contribution in [0.5, 0.6) is 5.75 Å². The van der Waals surface area contributed by atoms with Crippen molar-refractivity contribution >= 4 is 34.5 Å². The number of aliphatic imine (C=N–C) groups is 1. The summed E-state index contributed by atoms with van der Waals surface area (Å²) in [5.41, 5.74) is 0.925. The van der Waals surface area contributed by atoms with Crippen LogP contribution in [0.4, 0.5) is 0 Å². The Morgan fingerprint density at radius 1 is 1.50 bits per heavy atom. The van der Waals surface area contributed by atoms with Gasteiger partial charge in [-0.3, -0.25) is 4.79 Å². The summed E-state index contributed by atoms with van der Waals surface area (Å²) in [7, 11) is 0. The Morgan fingerprint density at radius 2 is 2.31 bits per heavy atom. The van der Waals surface area contributed by atoms with Crippen molar-refractivity contribution in [3.63, 3.8) is 0 Å². The third kappa shape index (κ3) is 2.77. The molecule has 0 spiro atoms. The summed E-state index contributed by atoms with van der Waals surface area (Å²) in [4.78, 5) is 14.9. The molecule has 1 aromatic carbocycles. The predicted octanol–water partition coefficient (Wildman–Crippen LogP) is 3.05. The Balaban J connectivity index is 2.17. The number of hydrogen-bond donors (Lipinski definition) is 0. The highest BCUT2D eigenvalue weighted by Crippen LogP contribution is 2.24. The van der Waals surface area contributed by atoms with Gasteiger partial charge in [-0.15, -0.1) is 0 Å². The number of carbonyl (C=O) groups is 1. The minimum atomic E-state index is -0.125. The van der Waals surface area contributed by atoms with Gasteiger partial charge >= 0.3 is 0 Å². The highest BCUT2D eigenvalue weighted by molar-refractivity contribution is 8.13. The minimum absolute atomic E-state index is 0.125. The maximum Gasteiger partial charge on any atom is 0.259 e. The molecule has 0 radical (unpaired) electrons. The van der Waals surface area contributed by atoms with Crippen LogP contribution in [0, 0.1) is 6.92 Å². The molecule has 0 aromatic heterocycles. The van der Waals surface area contributed by atoms with E-state index in [0.29, 0.717) is 22.4 Å². The van der Waals surface area contributed by atoms with Crippen molar-refractivity contribution in [3.8, 4) is 5.75 Å². The molecule has 1 amide bonds. The van der Waals surface area contributed by atoms with Gasteiger partial charge in [-0.1, -0.05) is 23.4 Å². The van der Waals surface area contributed by atoms with Crippen molar-refractivity contribution in [3.05, 3.63) is 28.8 Å². The molecule has 0 atom stereocenters. The molecule has 1 heterocycles. The van der Waals surface area contributed by atoms with E-state index < -0.39 is 0 Å². The lowest BCUT2D eigenvalue weighted by Gasteiger charge is -2.12. The van der Waals surface area contributed by atoms with E-state index in [9.17, 15) is 4.79 Å². The van der Waals surface area contributed by atoms with E-state index >= 15 is 0 Å². The zero-order chi connectivity index (χ0) is 11.5. The molecule has 5 heteroatoms. The Bertz CT molecular complexity index is 459. The lowest BCUT2D eigenvalue weighted by molar-refractivity contribution is -0.117. The Labute approximate surface area is 103 Å². The van der Waals surface area contributed by atoms with Crippen molar-refractivity contribution in [1.29, 1.82) is 0 Å².